The topological polar surface area (TPSA) is 81.4 Å². The lowest BCUT2D eigenvalue weighted by atomic mass is 9.86. The smallest absolute Gasteiger partial charge is 0.150 e. The van der Waals surface area contributed by atoms with Gasteiger partial charge in [0.1, 0.15) is 0 Å². The molecule has 6 heteroatoms. The summed E-state index contributed by atoms with van der Waals surface area (Å²) < 4.78 is 28.2. The summed E-state index contributed by atoms with van der Waals surface area (Å²) in [5, 5.41) is 0. The van der Waals surface area contributed by atoms with Crippen LogP contribution in [0, 0.1) is 11.8 Å². The highest BCUT2D eigenvalue weighted by Crippen LogP contribution is 2.28. The van der Waals surface area contributed by atoms with Gasteiger partial charge in [0.25, 0.3) is 0 Å². The Bertz CT molecular complexity index is 339. The number of rotatable bonds is 4. The van der Waals surface area contributed by atoms with Gasteiger partial charge in [0.05, 0.1) is 11.5 Å². The molecule has 0 amide bonds. The van der Waals surface area contributed by atoms with Gasteiger partial charge in [0.2, 0.25) is 0 Å². The highest BCUT2D eigenvalue weighted by atomic mass is 32.2. The normalized spacial score (nSPS) is 31.5. The first kappa shape index (κ1) is 13.3. The van der Waals surface area contributed by atoms with Gasteiger partial charge in [-0.25, -0.2) is 8.42 Å². The lowest BCUT2D eigenvalue weighted by molar-refractivity contribution is 0.0506. The molecule has 2 aliphatic rings. The van der Waals surface area contributed by atoms with Crippen LogP contribution in [0.1, 0.15) is 25.7 Å². The zero-order chi connectivity index (χ0) is 12.3. The Morgan fingerprint density at radius 2 is 2.00 bits per heavy atom. The molecule has 0 radical (unpaired) electrons. The second-order valence-corrected chi connectivity index (χ2v) is 7.46. The van der Waals surface area contributed by atoms with E-state index in [0.29, 0.717) is 17.4 Å². The van der Waals surface area contributed by atoms with Gasteiger partial charge in [-0.3, -0.25) is 11.3 Å². The van der Waals surface area contributed by atoms with Crippen LogP contribution in [0.5, 0.6) is 0 Å². The van der Waals surface area contributed by atoms with Crippen molar-refractivity contribution in [2.75, 3.05) is 24.7 Å². The van der Waals surface area contributed by atoms with Crippen molar-refractivity contribution in [2.45, 2.75) is 31.7 Å². The molecule has 100 valence electrons. The number of hydrogen-bond acceptors (Lipinski definition) is 5. The zero-order valence-electron chi connectivity index (χ0n) is 10.1. The lowest BCUT2D eigenvalue weighted by Crippen LogP contribution is -2.44. The molecule has 5 nitrogen and oxygen atoms in total. The molecule has 0 aromatic carbocycles. The summed E-state index contributed by atoms with van der Waals surface area (Å²) in [4.78, 5) is 0. The minimum Gasteiger partial charge on any atom is -0.381 e. The first-order valence-corrected chi connectivity index (χ1v) is 8.17. The molecule has 2 unspecified atom stereocenters. The van der Waals surface area contributed by atoms with E-state index in [9.17, 15) is 8.42 Å². The SMILES string of the molecule is NNC(CC1CCS(=O)(=O)C1)C1CCOCC1. The first-order valence-electron chi connectivity index (χ1n) is 6.35. The maximum atomic E-state index is 11.4. The fourth-order valence-corrected chi connectivity index (χ4v) is 4.81. The Morgan fingerprint density at radius 1 is 1.29 bits per heavy atom. The van der Waals surface area contributed by atoms with Gasteiger partial charge in [-0.2, -0.15) is 0 Å². The van der Waals surface area contributed by atoms with Crippen molar-refractivity contribution in [2.24, 2.45) is 17.7 Å². The van der Waals surface area contributed by atoms with E-state index in [1.807, 2.05) is 0 Å². The van der Waals surface area contributed by atoms with Crippen LogP contribution in [0.4, 0.5) is 0 Å². The van der Waals surface area contributed by atoms with E-state index in [2.05, 4.69) is 5.43 Å². The molecular formula is C11H22N2O3S. The molecule has 0 spiro atoms. The van der Waals surface area contributed by atoms with Crippen LogP contribution in [-0.2, 0) is 14.6 Å². The fourth-order valence-electron chi connectivity index (χ4n) is 2.93. The van der Waals surface area contributed by atoms with E-state index in [1.54, 1.807) is 0 Å². The molecule has 3 N–H and O–H groups in total. The number of nitrogens with one attached hydrogen (secondary N) is 1. The number of sulfone groups is 1. The molecule has 2 atom stereocenters. The highest BCUT2D eigenvalue weighted by Gasteiger charge is 2.32. The van der Waals surface area contributed by atoms with Crippen molar-refractivity contribution >= 4 is 9.84 Å². The van der Waals surface area contributed by atoms with Crippen LogP contribution in [0.15, 0.2) is 0 Å². The van der Waals surface area contributed by atoms with Crippen LogP contribution in [-0.4, -0.2) is 39.2 Å². The van der Waals surface area contributed by atoms with Gasteiger partial charge in [-0.05, 0) is 37.5 Å². The van der Waals surface area contributed by atoms with E-state index in [0.717, 1.165) is 38.9 Å². The lowest BCUT2D eigenvalue weighted by Gasteiger charge is -2.31. The highest BCUT2D eigenvalue weighted by molar-refractivity contribution is 7.91. The molecular weight excluding hydrogens is 240 g/mol. The molecule has 2 heterocycles. The van der Waals surface area contributed by atoms with Gasteiger partial charge in [-0.1, -0.05) is 0 Å². The second kappa shape index (κ2) is 5.65. The summed E-state index contributed by atoms with van der Waals surface area (Å²) in [5.74, 6) is 7.11. The number of ether oxygens (including phenoxy) is 1. The Kier molecular flexibility index (Phi) is 4.41. The van der Waals surface area contributed by atoms with E-state index in [4.69, 9.17) is 10.6 Å². The summed E-state index contributed by atoms with van der Waals surface area (Å²) in [6.07, 6.45) is 3.72. The van der Waals surface area contributed by atoms with Crippen molar-refractivity contribution in [3.05, 3.63) is 0 Å². The quantitative estimate of drug-likeness (QED) is 0.553. The van der Waals surface area contributed by atoms with Gasteiger partial charge in [0, 0.05) is 19.3 Å². The molecule has 2 aliphatic heterocycles. The number of hydrazine groups is 1. The molecule has 0 aromatic rings. The predicted molar refractivity (Wildman–Crippen MR) is 66.0 cm³/mol. The molecule has 17 heavy (non-hydrogen) atoms. The Labute approximate surface area is 103 Å². The van der Waals surface area contributed by atoms with Crippen LogP contribution < -0.4 is 11.3 Å². The minimum absolute atomic E-state index is 0.234. The maximum Gasteiger partial charge on any atom is 0.150 e. The summed E-state index contributed by atoms with van der Waals surface area (Å²) in [6, 6.07) is 0.234. The second-order valence-electron chi connectivity index (χ2n) is 5.23. The fraction of sp³-hybridized carbons (Fsp3) is 1.00. The third kappa shape index (κ3) is 3.64. The van der Waals surface area contributed by atoms with E-state index < -0.39 is 9.84 Å². The molecule has 0 bridgehead atoms. The molecule has 0 aliphatic carbocycles. The van der Waals surface area contributed by atoms with Crippen LogP contribution in [0.25, 0.3) is 0 Å². The molecule has 2 saturated heterocycles. The van der Waals surface area contributed by atoms with Crippen LogP contribution in [0.3, 0.4) is 0 Å². The van der Waals surface area contributed by atoms with E-state index in [-0.39, 0.29) is 12.0 Å². The summed E-state index contributed by atoms with van der Waals surface area (Å²) in [5.41, 5.74) is 2.88. The predicted octanol–water partition coefficient (Wildman–Crippen LogP) is 0.0697. The van der Waals surface area contributed by atoms with Crippen molar-refractivity contribution < 1.29 is 13.2 Å². The Hall–Kier alpha value is -0.170. The third-order valence-electron chi connectivity index (χ3n) is 3.96. The van der Waals surface area contributed by atoms with Crippen molar-refractivity contribution in [1.29, 1.82) is 0 Å². The number of hydrogen-bond donors (Lipinski definition) is 2. The van der Waals surface area contributed by atoms with Crippen molar-refractivity contribution in [3.63, 3.8) is 0 Å². The average Bonchev–Trinajstić information content (AvgIpc) is 2.67. The molecule has 2 rings (SSSR count). The third-order valence-corrected chi connectivity index (χ3v) is 5.80. The van der Waals surface area contributed by atoms with E-state index >= 15 is 0 Å². The number of nitrogens with two attached hydrogens (primary N) is 1. The van der Waals surface area contributed by atoms with Crippen LogP contribution in [0.2, 0.25) is 0 Å². The minimum atomic E-state index is -2.77. The van der Waals surface area contributed by atoms with Crippen molar-refractivity contribution in [3.8, 4) is 0 Å². The standard InChI is InChI=1S/C11H22N2O3S/c12-13-11(10-1-4-16-5-2-10)7-9-3-6-17(14,15)8-9/h9-11,13H,1-8,12H2. The molecule has 2 fully saturated rings. The van der Waals surface area contributed by atoms with E-state index in [1.165, 1.54) is 0 Å². The summed E-state index contributed by atoms with van der Waals surface area (Å²) in [6.45, 7) is 1.59. The first-order chi connectivity index (χ1) is 8.11. The van der Waals surface area contributed by atoms with Gasteiger partial charge < -0.3 is 4.74 Å². The van der Waals surface area contributed by atoms with Crippen molar-refractivity contribution in [1.82, 2.24) is 5.43 Å². The molecule has 0 saturated carbocycles. The summed E-state index contributed by atoms with van der Waals surface area (Å²) >= 11 is 0. The summed E-state index contributed by atoms with van der Waals surface area (Å²) in [7, 11) is -2.77. The molecule has 0 aromatic heterocycles. The van der Waals surface area contributed by atoms with Gasteiger partial charge >= 0.3 is 0 Å². The zero-order valence-corrected chi connectivity index (χ0v) is 10.9. The largest absolute Gasteiger partial charge is 0.381 e. The maximum absolute atomic E-state index is 11.4. The van der Waals surface area contributed by atoms with Gasteiger partial charge in [0.15, 0.2) is 9.84 Å². The monoisotopic (exact) mass is 262 g/mol. The Balaban J connectivity index is 1.87. The average molecular weight is 262 g/mol. The van der Waals surface area contributed by atoms with Crippen LogP contribution >= 0.6 is 0 Å². The Morgan fingerprint density at radius 3 is 2.53 bits per heavy atom. The van der Waals surface area contributed by atoms with Gasteiger partial charge in [-0.15, -0.1) is 0 Å².